The molecule has 1 saturated heterocycles. The molecule has 2 unspecified atom stereocenters. The first-order chi connectivity index (χ1) is 15.6. The second-order valence-electron chi connectivity index (χ2n) is 8.03. The van der Waals surface area contributed by atoms with Crippen LogP contribution in [0.4, 0.5) is 11.4 Å². The highest BCUT2D eigenvalue weighted by molar-refractivity contribution is 5.94. The number of ether oxygens (including phenoxy) is 1. The van der Waals surface area contributed by atoms with Crippen LogP contribution in [-0.2, 0) is 9.53 Å². The van der Waals surface area contributed by atoms with Crippen LogP contribution in [0.1, 0.15) is 45.2 Å². The highest BCUT2D eigenvalue weighted by atomic mass is 16.6. The van der Waals surface area contributed by atoms with Gasteiger partial charge in [0, 0.05) is 44.0 Å². The van der Waals surface area contributed by atoms with Crippen LogP contribution in [0.15, 0.2) is 60.7 Å². The van der Waals surface area contributed by atoms with Crippen molar-refractivity contribution in [3.05, 3.63) is 71.8 Å². The predicted octanol–water partition coefficient (Wildman–Crippen LogP) is 5.83. The summed E-state index contributed by atoms with van der Waals surface area (Å²) >= 11 is 0. The summed E-state index contributed by atoms with van der Waals surface area (Å²) < 4.78 is 5.67. The third-order valence-corrected chi connectivity index (χ3v) is 6.01. The normalized spacial score (nSPS) is 17.8. The van der Waals surface area contributed by atoms with Crippen LogP contribution in [-0.4, -0.2) is 44.2 Å². The maximum absolute atomic E-state index is 12.3. The number of anilines is 2. The van der Waals surface area contributed by atoms with Crippen LogP contribution in [0.5, 0.6) is 0 Å². The summed E-state index contributed by atoms with van der Waals surface area (Å²) in [6.07, 6.45) is 8.13. The first kappa shape index (κ1) is 23.8. The van der Waals surface area contributed by atoms with Crippen molar-refractivity contribution in [2.24, 2.45) is 0 Å². The molecule has 1 fully saturated rings. The fourth-order valence-corrected chi connectivity index (χ4v) is 3.92. The molecule has 32 heavy (non-hydrogen) atoms. The molecule has 0 bridgehead atoms. The number of hydrogen-bond donors (Lipinski definition) is 0. The van der Waals surface area contributed by atoms with Gasteiger partial charge in [-0.3, -0.25) is 4.79 Å². The molecular formula is C28H36N2O2. The molecule has 2 aromatic carbocycles. The third kappa shape index (κ3) is 6.57. The Morgan fingerprint density at radius 2 is 1.25 bits per heavy atom. The van der Waals surface area contributed by atoms with Crippen molar-refractivity contribution in [2.45, 2.75) is 46.3 Å². The van der Waals surface area contributed by atoms with E-state index in [9.17, 15) is 4.79 Å². The minimum atomic E-state index is -0.0107. The lowest BCUT2D eigenvalue weighted by atomic mass is 10.1. The molecule has 4 nitrogen and oxygen atoms in total. The standard InChI is InChI=1S/C28H36N2O2/c1-5-29(6-2)24-15-9-22(10-16-24)13-19-26(31)21-28-27(32-28)20-14-23-11-17-25(18-12-23)30(7-3)8-4/h9-20,27-28H,5-8,21H2,1-4H3/b19-13+,20-14+. The highest BCUT2D eigenvalue weighted by Crippen LogP contribution is 2.28. The maximum atomic E-state index is 12.3. The summed E-state index contributed by atoms with van der Waals surface area (Å²) in [5.41, 5.74) is 4.64. The van der Waals surface area contributed by atoms with Gasteiger partial charge >= 0.3 is 0 Å². The molecule has 2 aromatic rings. The van der Waals surface area contributed by atoms with E-state index >= 15 is 0 Å². The van der Waals surface area contributed by atoms with E-state index in [2.05, 4.69) is 98.2 Å². The Labute approximate surface area is 193 Å². The Kier molecular flexibility index (Phi) is 8.69. The summed E-state index contributed by atoms with van der Waals surface area (Å²) in [5, 5.41) is 0. The van der Waals surface area contributed by atoms with E-state index in [1.807, 2.05) is 6.08 Å². The average molecular weight is 433 g/mol. The van der Waals surface area contributed by atoms with Gasteiger partial charge in [0.2, 0.25) is 0 Å². The first-order valence-electron chi connectivity index (χ1n) is 11.8. The quantitative estimate of drug-likeness (QED) is 0.312. The van der Waals surface area contributed by atoms with Gasteiger partial charge in [-0.2, -0.15) is 0 Å². The van der Waals surface area contributed by atoms with E-state index in [-0.39, 0.29) is 18.0 Å². The second-order valence-corrected chi connectivity index (χ2v) is 8.03. The minimum absolute atomic E-state index is 0.0107. The molecule has 0 amide bonds. The molecular weight excluding hydrogens is 396 g/mol. The number of allylic oxidation sites excluding steroid dienone is 1. The smallest absolute Gasteiger partial charge is 0.158 e. The fourth-order valence-electron chi connectivity index (χ4n) is 3.92. The number of rotatable bonds is 12. The number of carbonyl (C=O) groups excluding carboxylic acids is 1. The van der Waals surface area contributed by atoms with Crippen LogP contribution < -0.4 is 9.80 Å². The summed E-state index contributed by atoms with van der Waals surface area (Å²) in [6, 6.07) is 16.9. The van der Waals surface area contributed by atoms with Crippen molar-refractivity contribution in [3.63, 3.8) is 0 Å². The van der Waals surface area contributed by atoms with Gasteiger partial charge in [0.15, 0.2) is 5.78 Å². The number of hydrogen-bond acceptors (Lipinski definition) is 4. The Morgan fingerprint density at radius 3 is 1.72 bits per heavy atom. The molecule has 0 spiro atoms. The third-order valence-electron chi connectivity index (χ3n) is 6.01. The van der Waals surface area contributed by atoms with Gasteiger partial charge in [0.25, 0.3) is 0 Å². The number of epoxide rings is 1. The number of ketones is 1. The van der Waals surface area contributed by atoms with Crippen LogP contribution in [0.25, 0.3) is 12.2 Å². The molecule has 0 aromatic heterocycles. The van der Waals surface area contributed by atoms with E-state index in [0.29, 0.717) is 6.42 Å². The van der Waals surface area contributed by atoms with Gasteiger partial charge in [0.1, 0.15) is 6.10 Å². The molecule has 0 aliphatic carbocycles. The van der Waals surface area contributed by atoms with Gasteiger partial charge in [-0.1, -0.05) is 42.5 Å². The zero-order valence-electron chi connectivity index (χ0n) is 19.8. The number of nitrogens with zero attached hydrogens (tertiary/aromatic N) is 2. The van der Waals surface area contributed by atoms with Crippen LogP contribution >= 0.6 is 0 Å². The zero-order chi connectivity index (χ0) is 22.9. The van der Waals surface area contributed by atoms with Crippen molar-refractivity contribution < 1.29 is 9.53 Å². The summed E-state index contributed by atoms with van der Waals surface area (Å²) in [7, 11) is 0. The SMILES string of the molecule is CCN(CC)c1ccc(/C=C/C(=O)CC2OC2/C=C/c2ccc(N(CC)CC)cc2)cc1. The van der Waals surface area contributed by atoms with E-state index in [1.165, 1.54) is 11.4 Å². The highest BCUT2D eigenvalue weighted by Gasteiger charge is 2.37. The van der Waals surface area contributed by atoms with E-state index < -0.39 is 0 Å². The molecule has 0 saturated carbocycles. The van der Waals surface area contributed by atoms with Crippen molar-refractivity contribution in [2.75, 3.05) is 36.0 Å². The van der Waals surface area contributed by atoms with Crippen LogP contribution in [0.2, 0.25) is 0 Å². The topological polar surface area (TPSA) is 36.1 Å². The van der Waals surface area contributed by atoms with Gasteiger partial charge in [-0.05, 0) is 69.2 Å². The monoisotopic (exact) mass is 432 g/mol. The van der Waals surface area contributed by atoms with Gasteiger partial charge in [-0.15, -0.1) is 0 Å². The summed E-state index contributed by atoms with van der Waals surface area (Å²) in [5.74, 6) is 0.0993. The molecule has 1 aliphatic rings. The van der Waals surface area contributed by atoms with Crippen LogP contribution in [0.3, 0.4) is 0 Å². The predicted molar refractivity (Wildman–Crippen MR) is 136 cm³/mol. The zero-order valence-corrected chi connectivity index (χ0v) is 19.8. The Balaban J connectivity index is 1.45. The minimum Gasteiger partial charge on any atom is -0.372 e. The summed E-state index contributed by atoms with van der Waals surface area (Å²) in [6.45, 7) is 12.6. The largest absolute Gasteiger partial charge is 0.372 e. The molecule has 1 aliphatic heterocycles. The Bertz CT molecular complexity index is 907. The second kappa shape index (κ2) is 11.7. The van der Waals surface area contributed by atoms with E-state index in [4.69, 9.17) is 4.74 Å². The molecule has 3 rings (SSSR count). The van der Waals surface area contributed by atoms with Crippen molar-refractivity contribution in [1.82, 2.24) is 0 Å². The fraction of sp³-hybridized carbons (Fsp3) is 0.393. The molecule has 0 N–H and O–H groups in total. The van der Waals surface area contributed by atoms with Gasteiger partial charge in [-0.25, -0.2) is 0 Å². The van der Waals surface area contributed by atoms with Crippen LogP contribution in [0, 0.1) is 0 Å². The van der Waals surface area contributed by atoms with Crippen molar-refractivity contribution >= 4 is 29.3 Å². The molecule has 2 atom stereocenters. The van der Waals surface area contributed by atoms with Gasteiger partial charge < -0.3 is 14.5 Å². The average Bonchev–Trinajstić information content (AvgIpc) is 3.57. The number of benzene rings is 2. The summed E-state index contributed by atoms with van der Waals surface area (Å²) in [4.78, 5) is 16.9. The molecule has 1 heterocycles. The van der Waals surface area contributed by atoms with E-state index in [0.717, 1.165) is 37.3 Å². The first-order valence-corrected chi connectivity index (χ1v) is 11.8. The van der Waals surface area contributed by atoms with Crippen molar-refractivity contribution in [1.29, 1.82) is 0 Å². The van der Waals surface area contributed by atoms with E-state index in [1.54, 1.807) is 6.08 Å². The number of carbonyl (C=O) groups is 1. The maximum Gasteiger partial charge on any atom is 0.158 e. The molecule has 170 valence electrons. The Morgan fingerprint density at radius 1 is 0.781 bits per heavy atom. The molecule has 0 radical (unpaired) electrons. The lowest BCUT2D eigenvalue weighted by molar-refractivity contribution is -0.114. The van der Waals surface area contributed by atoms with Gasteiger partial charge in [0.05, 0.1) is 6.10 Å². The molecule has 4 heteroatoms. The lowest BCUT2D eigenvalue weighted by Crippen LogP contribution is -2.21. The Hall–Kier alpha value is -2.85. The lowest BCUT2D eigenvalue weighted by Gasteiger charge is -2.20. The van der Waals surface area contributed by atoms with Crippen molar-refractivity contribution in [3.8, 4) is 0 Å².